The molecule has 0 amide bonds. The van der Waals surface area contributed by atoms with Crippen LogP contribution in [0.1, 0.15) is 22.3 Å². The lowest BCUT2D eigenvalue weighted by Crippen LogP contribution is -2.13. The summed E-state index contributed by atoms with van der Waals surface area (Å²) in [6.07, 6.45) is -1.93. The smallest absolute Gasteiger partial charge is 0.377 e. The van der Waals surface area contributed by atoms with E-state index in [0.29, 0.717) is 0 Å². The zero-order valence-electron chi connectivity index (χ0n) is 11.1. The predicted octanol–water partition coefficient (Wildman–Crippen LogP) is 2.36. The van der Waals surface area contributed by atoms with Crippen LogP contribution in [0.4, 0.5) is 8.78 Å². The molecule has 0 aliphatic rings. The number of rotatable bonds is 6. The number of alkyl halides is 2. The Morgan fingerprint density at radius 3 is 2.43 bits per heavy atom. The van der Waals surface area contributed by atoms with Gasteiger partial charge in [-0.2, -0.15) is 0 Å². The van der Waals surface area contributed by atoms with Crippen molar-refractivity contribution in [3.05, 3.63) is 41.3 Å². The van der Waals surface area contributed by atoms with Crippen molar-refractivity contribution >= 4 is 11.9 Å². The number of benzene rings is 1. The van der Waals surface area contributed by atoms with Gasteiger partial charge in [0.15, 0.2) is 0 Å². The number of aromatic carboxylic acids is 1. The quantitative estimate of drug-likeness (QED) is 0.493. The van der Waals surface area contributed by atoms with E-state index in [4.69, 9.17) is 9.84 Å². The van der Waals surface area contributed by atoms with Crippen LogP contribution in [-0.4, -0.2) is 31.3 Å². The minimum Gasteiger partial charge on any atom is -0.500 e. The third-order valence-electron chi connectivity index (χ3n) is 2.32. The third-order valence-corrected chi connectivity index (χ3v) is 2.32. The molecule has 6 nitrogen and oxygen atoms in total. The summed E-state index contributed by atoms with van der Waals surface area (Å²) in [5.41, 5.74) is -0.992. The van der Waals surface area contributed by atoms with Gasteiger partial charge in [-0.25, -0.2) is 18.4 Å². The first-order valence-corrected chi connectivity index (χ1v) is 5.55. The number of hydrogen-bond donors (Lipinski definition) is 1. The van der Waals surface area contributed by atoms with Gasteiger partial charge < -0.3 is 19.3 Å². The highest BCUT2D eigenvalue weighted by molar-refractivity contribution is 5.92. The third kappa shape index (κ3) is 4.16. The van der Waals surface area contributed by atoms with E-state index in [1.807, 2.05) is 0 Å². The van der Waals surface area contributed by atoms with Crippen LogP contribution >= 0.6 is 0 Å². The zero-order valence-corrected chi connectivity index (χ0v) is 11.1. The SMILES string of the molecule is COC=C(Oc1ccc(C(F)F)cc1C(=O)O)C(=O)OC. The molecule has 1 aromatic rings. The molecule has 0 saturated heterocycles. The van der Waals surface area contributed by atoms with Crippen LogP contribution in [0, 0.1) is 0 Å². The summed E-state index contributed by atoms with van der Waals surface area (Å²) in [6.45, 7) is 0. The number of carboxylic acid groups (broad SMARTS) is 1. The summed E-state index contributed by atoms with van der Waals surface area (Å²) in [4.78, 5) is 22.5. The van der Waals surface area contributed by atoms with Crippen LogP contribution in [-0.2, 0) is 14.3 Å². The Morgan fingerprint density at radius 1 is 1.29 bits per heavy atom. The van der Waals surface area contributed by atoms with E-state index in [1.54, 1.807) is 0 Å². The van der Waals surface area contributed by atoms with Gasteiger partial charge >= 0.3 is 11.9 Å². The van der Waals surface area contributed by atoms with Crippen molar-refractivity contribution in [2.75, 3.05) is 14.2 Å². The number of ether oxygens (including phenoxy) is 3. The Morgan fingerprint density at radius 2 is 1.95 bits per heavy atom. The standard InChI is InChI=1S/C13H12F2O6/c1-19-6-10(13(18)20-2)21-9-4-3-7(11(14)15)5-8(9)12(16)17/h3-6,11H,1-2H3,(H,16,17). The average Bonchev–Trinajstić information content (AvgIpc) is 2.45. The fourth-order valence-corrected chi connectivity index (χ4v) is 1.38. The topological polar surface area (TPSA) is 82.1 Å². The van der Waals surface area contributed by atoms with Crippen LogP contribution in [0.15, 0.2) is 30.2 Å². The molecule has 0 atom stereocenters. The van der Waals surface area contributed by atoms with Crippen molar-refractivity contribution in [3.8, 4) is 5.75 Å². The second-order valence-electron chi connectivity index (χ2n) is 3.67. The molecule has 0 bridgehead atoms. The van der Waals surface area contributed by atoms with E-state index in [1.165, 1.54) is 7.11 Å². The van der Waals surface area contributed by atoms with Gasteiger partial charge in [0.2, 0.25) is 5.76 Å². The monoisotopic (exact) mass is 302 g/mol. The molecule has 1 N–H and O–H groups in total. The van der Waals surface area contributed by atoms with Gasteiger partial charge in [0.05, 0.1) is 14.2 Å². The number of hydrogen-bond acceptors (Lipinski definition) is 5. The largest absolute Gasteiger partial charge is 0.500 e. The molecule has 21 heavy (non-hydrogen) atoms. The Kier molecular flexibility index (Phi) is 5.65. The normalized spacial score (nSPS) is 11.2. The fraction of sp³-hybridized carbons (Fsp3) is 0.231. The van der Waals surface area contributed by atoms with E-state index in [0.717, 1.165) is 31.6 Å². The highest BCUT2D eigenvalue weighted by Gasteiger charge is 2.20. The minimum absolute atomic E-state index is 0.291. The molecule has 0 unspecified atom stereocenters. The molecule has 0 saturated carbocycles. The van der Waals surface area contributed by atoms with Crippen LogP contribution in [0.2, 0.25) is 0 Å². The van der Waals surface area contributed by atoms with Crippen LogP contribution in [0.3, 0.4) is 0 Å². The van der Waals surface area contributed by atoms with Gasteiger partial charge in [0.25, 0.3) is 6.43 Å². The van der Waals surface area contributed by atoms with E-state index in [2.05, 4.69) is 9.47 Å². The summed E-state index contributed by atoms with van der Waals surface area (Å²) >= 11 is 0. The summed E-state index contributed by atoms with van der Waals surface area (Å²) in [7, 11) is 2.33. The second kappa shape index (κ2) is 7.22. The van der Waals surface area contributed by atoms with Gasteiger partial charge in [0.1, 0.15) is 17.6 Å². The van der Waals surface area contributed by atoms with Crippen molar-refractivity contribution in [2.45, 2.75) is 6.43 Å². The van der Waals surface area contributed by atoms with Gasteiger partial charge in [-0.15, -0.1) is 0 Å². The summed E-state index contributed by atoms with van der Waals surface area (Å²) in [5, 5.41) is 9.02. The van der Waals surface area contributed by atoms with Gasteiger partial charge in [-0.05, 0) is 18.2 Å². The number of methoxy groups -OCH3 is 2. The van der Waals surface area contributed by atoms with Crippen LogP contribution in [0.25, 0.3) is 0 Å². The minimum atomic E-state index is -2.83. The summed E-state index contributed by atoms with van der Waals surface area (Å²) in [5.74, 6) is -3.10. The lowest BCUT2D eigenvalue weighted by molar-refractivity contribution is -0.138. The lowest BCUT2D eigenvalue weighted by Gasteiger charge is -2.11. The van der Waals surface area contributed by atoms with Gasteiger partial charge in [-0.1, -0.05) is 0 Å². The van der Waals surface area contributed by atoms with E-state index >= 15 is 0 Å². The average molecular weight is 302 g/mol. The first-order chi connectivity index (χ1) is 9.90. The molecule has 0 aliphatic heterocycles. The Hall–Kier alpha value is -2.64. The van der Waals surface area contributed by atoms with Crippen molar-refractivity contribution < 1.29 is 37.7 Å². The highest BCUT2D eigenvalue weighted by atomic mass is 19.3. The predicted molar refractivity (Wildman–Crippen MR) is 66.1 cm³/mol. The second-order valence-corrected chi connectivity index (χ2v) is 3.67. The Balaban J connectivity index is 3.20. The van der Waals surface area contributed by atoms with E-state index in [-0.39, 0.29) is 5.75 Å². The molecule has 0 aromatic heterocycles. The maximum Gasteiger partial charge on any atom is 0.377 e. The molecule has 0 spiro atoms. The zero-order chi connectivity index (χ0) is 16.0. The molecular weight excluding hydrogens is 290 g/mol. The fourth-order valence-electron chi connectivity index (χ4n) is 1.38. The molecule has 0 fully saturated rings. The lowest BCUT2D eigenvalue weighted by atomic mass is 10.1. The number of carbonyl (C=O) groups excluding carboxylic acids is 1. The molecule has 1 rings (SSSR count). The Bertz CT molecular complexity index is 568. The molecular formula is C13H12F2O6. The van der Waals surface area contributed by atoms with Crippen molar-refractivity contribution in [3.63, 3.8) is 0 Å². The first-order valence-electron chi connectivity index (χ1n) is 5.55. The maximum atomic E-state index is 12.6. The highest BCUT2D eigenvalue weighted by Crippen LogP contribution is 2.27. The van der Waals surface area contributed by atoms with Crippen molar-refractivity contribution in [2.24, 2.45) is 0 Å². The molecule has 8 heteroatoms. The maximum absolute atomic E-state index is 12.6. The number of halogens is 2. The Labute approximate surface area is 118 Å². The molecule has 1 aromatic carbocycles. The summed E-state index contributed by atoms with van der Waals surface area (Å²) in [6, 6.07) is 2.79. The molecule has 0 radical (unpaired) electrons. The van der Waals surface area contributed by atoms with Crippen molar-refractivity contribution in [1.29, 1.82) is 0 Å². The number of carboxylic acids is 1. The van der Waals surface area contributed by atoms with Crippen LogP contribution < -0.4 is 4.74 Å². The molecule has 0 aliphatic carbocycles. The molecule has 114 valence electrons. The van der Waals surface area contributed by atoms with E-state index in [9.17, 15) is 18.4 Å². The summed E-state index contributed by atoms with van der Waals surface area (Å²) < 4.78 is 39.2. The van der Waals surface area contributed by atoms with Gasteiger partial charge in [0, 0.05) is 5.56 Å². The van der Waals surface area contributed by atoms with Crippen LogP contribution in [0.5, 0.6) is 5.75 Å². The van der Waals surface area contributed by atoms with Crippen molar-refractivity contribution in [1.82, 2.24) is 0 Å². The number of carbonyl (C=O) groups is 2. The first kappa shape index (κ1) is 16.4. The molecule has 0 heterocycles. The van der Waals surface area contributed by atoms with E-state index < -0.39 is 35.3 Å². The van der Waals surface area contributed by atoms with Gasteiger partial charge in [-0.3, -0.25) is 0 Å². The number of esters is 1.